The number of hydrogen-bond donors (Lipinski definition) is 3. The Morgan fingerprint density at radius 1 is 1.10 bits per heavy atom. The van der Waals surface area contributed by atoms with Crippen LogP contribution < -0.4 is 15.0 Å². The van der Waals surface area contributed by atoms with Gasteiger partial charge in [-0.15, -0.1) is 0 Å². The second kappa shape index (κ2) is 13.0. The summed E-state index contributed by atoms with van der Waals surface area (Å²) < 4.78 is 6.81. The molecule has 4 heterocycles. The maximum atomic E-state index is 13.4. The smallest absolute Gasteiger partial charge is 0.356 e. The van der Waals surface area contributed by atoms with Crippen LogP contribution in [0, 0.1) is 30.1 Å². The van der Waals surface area contributed by atoms with Gasteiger partial charge >= 0.3 is 5.97 Å². The van der Waals surface area contributed by atoms with E-state index in [0.717, 1.165) is 26.9 Å². The number of carbonyl (C=O) groups is 2. The van der Waals surface area contributed by atoms with Crippen LogP contribution in [0.1, 0.15) is 48.1 Å². The highest BCUT2D eigenvalue weighted by molar-refractivity contribution is 7.22. The molecule has 0 saturated carbocycles. The molecule has 0 bridgehead atoms. The first kappa shape index (κ1) is 30.6. The third-order valence-electron chi connectivity index (χ3n) is 7.80. The molecule has 3 N–H and O–H groups in total. The molecule has 0 unspecified atom stereocenters. The number of carboxylic acids is 1. The second-order valence-corrected chi connectivity index (χ2v) is 12.8. The molecular formula is C35H25N7O4S2. The van der Waals surface area contributed by atoms with Gasteiger partial charge in [0.05, 0.1) is 15.9 Å². The fourth-order valence-electron chi connectivity index (χ4n) is 5.46. The van der Waals surface area contributed by atoms with Gasteiger partial charge in [-0.3, -0.25) is 15.2 Å². The van der Waals surface area contributed by atoms with E-state index < -0.39 is 5.97 Å². The molecule has 48 heavy (non-hydrogen) atoms. The zero-order chi connectivity index (χ0) is 33.2. The van der Waals surface area contributed by atoms with Crippen LogP contribution in [0.3, 0.4) is 0 Å². The number of para-hydroxylation sites is 1. The molecule has 6 aromatic rings. The molecule has 0 saturated heterocycles. The number of thiazole rings is 2. The third-order valence-corrected chi connectivity index (χ3v) is 9.78. The van der Waals surface area contributed by atoms with Crippen molar-refractivity contribution in [3.8, 4) is 34.9 Å². The van der Waals surface area contributed by atoms with Crippen molar-refractivity contribution in [2.45, 2.75) is 19.9 Å². The van der Waals surface area contributed by atoms with Crippen molar-refractivity contribution in [1.82, 2.24) is 20.2 Å². The predicted octanol–water partition coefficient (Wildman–Crippen LogP) is 6.27. The monoisotopic (exact) mass is 671 g/mol. The van der Waals surface area contributed by atoms with Gasteiger partial charge in [0.1, 0.15) is 34.6 Å². The van der Waals surface area contributed by atoms with Gasteiger partial charge in [0, 0.05) is 24.2 Å². The van der Waals surface area contributed by atoms with Crippen LogP contribution >= 0.6 is 22.7 Å². The molecule has 0 spiro atoms. The molecule has 3 aromatic carbocycles. The highest BCUT2D eigenvalue weighted by Crippen LogP contribution is 2.33. The van der Waals surface area contributed by atoms with Gasteiger partial charge in [-0.25, -0.2) is 14.8 Å². The van der Waals surface area contributed by atoms with Gasteiger partial charge in [0.2, 0.25) is 0 Å². The number of nitrogens with zero attached hydrogens (tertiary/aromatic N) is 5. The molecule has 1 aliphatic rings. The number of aromatic carboxylic acids is 1. The van der Waals surface area contributed by atoms with Gasteiger partial charge in [-0.05, 0) is 60.7 Å². The first-order valence-corrected chi connectivity index (χ1v) is 16.4. The number of fused-ring (bicyclic) bond motifs is 2. The van der Waals surface area contributed by atoms with Crippen molar-refractivity contribution in [2.24, 2.45) is 0 Å². The van der Waals surface area contributed by atoms with Crippen molar-refractivity contribution in [3.05, 3.63) is 105 Å². The number of amides is 1. The van der Waals surface area contributed by atoms with E-state index in [-0.39, 0.29) is 18.2 Å². The molecule has 7 rings (SSSR count). The summed E-state index contributed by atoms with van der Waals surface area (Å²) in [5.74, 6) is 4.93. The lowest BCUT2D eigenvalue weighted by atomic mass is 9.94. The van der Waals surface area contributed by atoms with Gasteiger partial charge in [-0.1, -0.05) is 65.0 Å². The van der Waals surface area contributed by atoms with Crippen LogP contribution in [0.2, 0.25) is 0 Å². The summed E-state index contributed by atoms with van der Waals surface area (Å²) in [6.07, 6.45) is 0.668. The number of aromatic nitrogens is 4. The number of aryl methyl sites for hydroxylation is 1. The van der Waals surface area contributed by atoms with E-state index in [0.29, 0.717) is 62.9 Å². The SMILES string of the molecule is Cc1[nH]nc(-c2cccc(OCC#Cc3sc(N4CCc5cccc(C(=O)Nc6nc7ccccc7s6)c5C4)nc3C(=O)O)c2)c1C#N. The fourth-order valence-corrected chi connectivity index (χ4v) is 7.28. The molecule has 1 aliphatic heterocycles. The molecule has 236 valence electrons. The molecule has 0 aliphatic carbocycles. The number of anilines is 2. The van der Waals surface area contributed by atoms with Crippen molar-refractivity contribution in [3.63, 3.8) is 0 Å². The molecule has 1 amide bonds. The molecule has 0 atom stereocenters. The first-order chi connectivity index (χ1) is 23.4. The summed E-state index contributed by atoms with van der Waals surface area (Å²) in [6, 6.07) is 22.7. The normalized spacial score (nSPS) is 12.1. The van der Waals surface area contributed by atoms with E-state index in [2.05, 4.69) is 43.4 Å². The number of carbonyl (C=O) groups excluding carboxylic acids is 1. The van der Waals surface area contributed by atoms with Crippen LogP contribution in [0.25, 0.3) is 21.5 Å². The Morgan fingerprint density at radius 2 is 1.96 bits per heavy atom. The first-order valence-electron chi connectivity index (χ1n) is 14.8. The zero-order valence-electron chi connectivity index (χ0n) is 25.4. The number of carboxylic acid groups (broad SMARTS) is 1. The highest BCUT2D eigenvalue weighted by atomic mass is 32.1. The van der Waals surface area contributed by atoms with Crippen molar-refractivity contribution in [1.29, 1.82) is 5.26 Å². The Kier molecular flexibility index (Phi) is 8.29. The topological polar surface area (TPSA) is 157 Å². The lowest BCUT2D eigenvalue weighted by molar-refractivity contribution is 0.0691. The summed E-state index contributed by atoms with van der Waals surface area (Å²) in [5.41, 5.74) is 5.58. The average molecular weight is 672 g/mol. The van der Waals surface area contributed by atoms with Gasteiger partial charge in [0.15, 0.2) is 16.0 Å². The predicted molar refractivity (Wildman–Crippen MR) is 184 cm³/mol. The highest BCUT2D eigenvalue weighted by Gasteiger charge is 2.26. The van der Waals surface area contributed by atoms with E-state index in [1.54, 1.807) is 31.2 Å². The minimum absolute atomic E-state index is 0.00463. The molecule has 11 nitrogen and oxygen atoms in total. The number of benzene rings is 3. The number of nitriles is 1. The summed E-state index contributed by atoms with van der Waals surface area (Å²) in [6.45, 7) is 2.79. The quantitative estimate of drug-likeness (QED) is 0.167. The minimum Gasteiger partial charge on any atom is -0.481 e. The molecule has 0 radical (unpaired) electrons. The van der Waals surface area contributed by atoms with Crippen molar-refractivity contribution in [2.75, 3.05) is 23.4 Å². The maximum Gasteiger partial charge on any atom is 0.356 e. The number of rotatable bonds is 7. The number of H-pyrrole nitrogens is 1. The van der Waals surface area contributed by atoms with Crippen LogP contribution in [0.15, 0.2) is 66.7 Å². The number of nitrogens with one attached hydrogen (secondary N) is 2. The fraction of sp³-hybridized carbons (Fsp3) is 0.143. The van der Waals surface area contributed by atoms with Crippen molar-refractivity contribution >= 4 is 55.0 Å². The number of aromatic amines is 1. The lowest BCUT2D eigenvalue weighted by Gasteiger charge is -2.29. The Morgan fingerprint density at radius 3 is 2.79 bits per heavy atom. The summed E-state index contributed by atoms with van der Waals surface area (Å²) in [7, 11) is 0. The van der Waals surface area contributed by atoms with Crippen LogP contribution in [0.5, 0.6) is 5.75 Å². The van der Waals surface area contributed by atoms with Crippen molar-refractivity contribution < 1.29 is 19.4 Å². The Labute approximate surface area is 282 Å². The Bertz CT molecular complexity index is 2290. The number of ether oxygens (including phenoxy) is 1. The average Bonchev–Trinajstić information content (AvgIpc) is 3.82. The molecule has 3 aromatic heterocycles. The molecular weight excluding hydrogens is 647 g/mol. The van der Waals surface area contributed by atoms with E-state index in [9.17, 15) is 20.0 Å². The summed E-state index contributed by atoms with van der Waals surface area (Å²) in [5, 5.41) is 30.4. The van der Waals surface area contributed by atoms with Crippen LogP contribution in [0.4, 0.5) is 10.3 Å². The van der Waals surface area contributed by atoms with Gasteiger partial charge in [0.25, 0.3) is 5.91 Å². The van der Waals surface area contributed by atoms with E-state index in [1.165, 1.54) is 22.7 Å². The number of hydrogen-bond acceptors (Lipinski definition) is 10. The van der Waals surface area contributed by atoms with E-state index in [1.807, 2.05) is 47.4 Å². The standard InChI is InChI=1S/C35H25N7O4S2/c1-20-25(18-36)30(41-40-20)22-8-4-9-23(17-22)46-16-6-13-29-31(33(44)45)38-35(48-29)42-15-14-21-7-5-10-24(26(21)19-42)32(43)39-34-37-27-11-2-3-12-28(27)47-34/h2-5,7-12,17H,14-16,19H2,1H3,(H,40,41)(H,44,45)(H,37,39,43). The van der Waals surface area contributed by atoms with E-state index >= 15 is 0 Å². The Hall–Kier alpha value is -6.02. The largest absolute Gasteiger partial charge is 0.481 e. The lowest BCUT2D eigenvalue weighted by Crippen LogP contribution is -2.32. The Balaban J connectivity index is 1.06. The summed E-state index contributed by atoms with van der Waals surface area (Å²) >= 11 is 2.61. The van der Waals surface area contributed by atoms with Gasteiger partial charge in [-0.2, -0.15) is 10.4 Å². The third kappa shape index (κ3) is 6.08. The molecule has 13 heteroatoms. The van der Waals surface area contributed by atoms with Crippen LogP contribution in [-0.2, 0) is 13.0 Å². The van der Waals surface area contributed by atoms with Crippen LogP contribution in [-0.4, -0.2) is 50.3 Å². The maximum absolute atomic E-state index is 13.4. The van der Waals surface area contributed by atoms with Gasteiger partial charge < -0.3 is 14.7 Å². The van der Waals surface area contributed by atoms with E-state index in [4.69, 9.17) is 4.74 Å². The molecule has 0 fully saturated rings. The minimum atomic E-state index is -1.17. The summed E-state index contributed by atoms with van der Waals surface area (Å²) in [4.78, 5) is 36.8. The second-order valence-electron chi connectivity index (χ2n) is 10.8. The zero-order valence-corrected chi connectivity index (χ0v) is 27.0.